The number of rotatable bonds is 6. The number of ether oxygens (including phenoxy) is 1. The van der Waals surface area contributed by atoms with Crippen molar-refractivity contribution in [2.24, 2.45) is 0 Å². The van der Waals surface area contributed by atoms with E-state index in [4.69, 9.17) is 9.72 Å². The first-order valence-corrected chi connectivity index (χ1v) is 15.2. The van der Waals surface area contributed by atoms with Gasteiger partial charge in [0, 0.05) is 37.5 Å². The summed E-state index contributed by atoms with van der Waals surface area (Å²) in [7, 11) is 0. The van der Waals surface area contributed by atoms with Gasteiger partial charge in [-0.3, -0.25) is 4.79 Å². The van der Waals surface area contributed by atoms with Crippen LogP contribution in [0.1, 0.15) is 31.2 Å². The van der Waals surface area contributed by atoms with Crippen molar-refractivity contribution < 1.29 is 27.5 Å². The fourth-order valence-electron chi connectivity index (χ4n) is 4.70. The maximum absolute atomic E-state index is 13.5. The largest absolute Gasteiger partial charge is 0.444 e. The third-order valence-corrected chi connectivity index (χ3v) is 8.74. The lowest BCUT2D eigenvalue weighted by molar-refractivity contribution is -0.137. The molecule has 0 bridgehead atoms. The highest BCUT2D eigenvalue weighted by Gasteiger charge is 2.32. The van der Waals surface area contributed by atoms with Crippen molar-refractivity contribution in [3.63, 3.8) is 0 Å². The standard InChI is InChI=1S/C30H31F3N4O3S2/c1-29(2,3)40-28(39)35-24(18-22-5-4-16-41-22)26(38)36-12-14-37(15-13-36)27-34-23-11-8-20(17-25(23)42-27)19-6-9-21(10-7-19)30(31,32)33/h4-11,16-17,24H,12-15,18H2,1-3H3,(H,35,39)/t24-/m0/s1. The zero-order valence-corrected chi connectivity index (χ0v) is 25.0. The molecular formula is C30H31F3N4O3S2. The molecule has 1 aliphatic rings. The zero-order valence-electron chi connectivity index (χ0n) is 23.4. The van der Waals surface area contributed by atoms with E-state index in [0.29, 0.717) is 38.2 Å². The van der Waals surface area contributed by atoms with Crippen molar-refractivity contribution in [3.8, 4) is 11.1 Å². The summed E-state index contributed by atoms with van der Waals surface area (Å²) in [5.74, 6) is -0.153. The van der Waals surface area contributed by atoms with Crippen molar-refractivity contribution in [3.05, 3.63) is 70.4 Å². The lowest BCUT2D eigenvalue weighted by atomic mass is 10.0. The first-order valence-electron chi connectivity index (χ1n) is 13.5. The molecule has 0 radical (unpaired) electrons. The molecule has 0 unspecified atom stereocenters. The van der Waals surface area contributed by atoms with Crippen LogP contribution in [0.15, 0.2) is 60.0 Å². The summed E-state index contributed by atoms with van der Waals surface area (Å²) in [4.78, 5) is 35.7. The monoisotopic (exact) mass is 616 g/mol. The lowest BCUT2D eigenvalue weighted by Crippen LogP contribution is -2.56. The zero-order chi connectivity index (χ0) is 30.1. The minimum Gasteiger partial charge on any atom is -0.444 e. The molecule has 1 fully saturated rings. The average Bonchev–Trinajstić information content (AvgIpc) is 3.60. The third-order valence-electron chi connectivity index (χ3n) is 6.76. The molecule has 4 aromatic rings. The van der Waals surface area contributed by atoms with Crippen molar-refractivity contribution in [2.75, 3.05) is 31.1 Å². The van der Waals surface area contributed by atoms with E-state index in [0.717, 1.165) is 37.9 Å². The number of thiazole rings is 1. The molecule has 12 heteroatoms. The Morgan fingerprint density at radius 1 is 1.00 bits per heavy atom. The Balaban J connectivity index is 1.24. The Hall–Kier alpha value is -3.64. The molecule has 5 rings (SSSR count). The number of alkyl halides is 3. The SMILES string of the molecule is CC(C)(C)OC(=O)N[C@@H](Cc1cccs1)C(=O)N1CCN(c2nc3ccc(-c4ccc(C(F)(F)F)cc4)cc3s2)CC1. The second-order valence-electron chi connectivity index (χ2n) is 11.0. The van der Waals surface area contributed by atoms with Gasteiger partial charge >= 0.3 is 12.3 Å². The number of hydrogen-bond acceptors (Lipinski definition) is 7. The number of carbonyl (C=O) groups is 2. The molecule has 0 spiro atoms. The van der Waals surface area contributed by atoms with Crippen molar-refractivity contribution in [1.82, 2.24) is 15.2 Å². The van der Waals surface area contributed by atoms with Crippen LogP contribution in [0.4, 0.5) is 23.1 Å². The molecule has 222 valence electrons. The van der Waals surface area contributed by atoms with Crippen LogP contribution in [0.3, 0.4) is 0 Å². The van der Waals surface area contributed by atoms with Crippen LogP contribution in [0.2, 0.25) is 0 Å². The van der Waals surface area contributed by atoms with E-state index in [1.807, 2.05) is 35.7 Å². The average molecular weight is 617 g/mol. The second-order valence-corrected chi connectivity index (χ2v) is 13.1. The van der Waals surface area contributed by atoms with Crippen LogP contribution in [0.5, 0.6) is 0 Å². The van der Waals surface area contributed by atoms with Crippen LogP contribution in [0.25, 0.3) is 21.3 Å². The summed E-state index contributed by atoms with van der Waals surface area (Å²) in [6.07, 6.45) is -4.61. The maximum atomic E-state index is 13.5. The molecule has 1 aliphatic heterocycles. The molecule has 1 N–H and O–H groups in total. The molecule has 0 aliphatic carbocycles. The predicted octanol–water partition coefficient (Wildman–Crippen LogP) is 6.83. The van der Waals surface area contributed by atoms with Crippen LogP contribution < -0.4 is 10.2 Å². The summed E-state index contributed by atoms with van der Waals surface area (Å²) in [5.41, 5.74) is 0.965. The Morgan fingerprint density at radius 2 is 1.69 bits per heavy atom. The normalized spacial score (nSPS) is 15.1. The number of piperazine rings is 1. The van der Waals surface area contributed by atoms with Crippen molar-refractivity contribution in [1.29, 1.82) is 0 Å². The van der Waals surface area contributed by atoms with E-state index >= 15 is 0 Å². The topological polar surface area (TPSA) is 74.8 Å². The van der Waals surface area contributed by atoms with Gasteiger partial charge in [-0.05, 0) is 67.6 Å². The van der Waals surface area contributed by atoms with E-state index < -0.39 is 29.5 Å². The summed E-state index contributed by atoms with van der Waals surface area (Å²) in [5, 5.41) is 5.53. The number of anilines is 1. The van der Waals surface area contributed by atoms with Crippen LogP contribution in [0, 0.1) is 0 Å². The number of carbonyl (C=O) groups excluding carboxylic acids is 2. The van der Waals surface area contributed by atoms with Gasteiger partial charge in [0.05, 0.1) is 15.8 Å². The van der Waals surface area contributed by atoms with Gasteiger partial charge in [-0.25, -0.2) is 9.78 Å². The van der Waals surface area contributed by atoms with Crippen LogP contribution in [-0.4, -0.2) is 59.7 Å². The number of nitrogens with zero attached hydrogens (tertiary/aromatic N) is 3. The molecule has 1 atom stereocenters. The number of halogens is 3. The van der Waals surface area contributed by atoms with E-state index in [-0.39, 0.29) is 5.91 Å². The summed E-state index contributed by atoms with van der Waals surface area (Å²) in [6, 6.07) is 13.9. The highest BCUT2D eigenvalue weighted by Crippen LogP contribution is 2.35. The molecule has 2 aromatic heterocycles. The Kier molecular flexibility index (Phi) is 8.47. The number of hydrogen-bond donors (Lipinski definition) is 1. The Morgan fingerprint density at radius 3 is 2.31 bits per heavy atom. The van der Waals surface area contributed by atoms with Gasteiger partial charge in [-0.1, -0.05) is 35.6 Å². The van der Waals surface area contributed by atoms with E-state index in [1.54, 1.807) is 25.7 Å². The minimum absolute atomic E-state index is 0.153. The van der Waals surface area contributed by atoms with Crippen LogP contribution >= 0.6 is 22.7 Å². The van der Waals surface area contributed by atoms with Crippen molar-refractivity contribution in [2.45, 2.75) is 45.0 Å². The van der Waals surface area contributed by atoms with Gasteiger partial charge in [0.2, 0.25) is 5.91 Å². The van der Waals surface area contributed by atoms with E-state index in [1.165, 1.54) is 34.8 Å². The number of aromatic nitrogens is 1. The molecule has 42 heavy (non-hydrogen) atoms. The highest BCUT2D eigenvalue weighted by atomic mass is 32.1. The number of thiophene rings is 1. The number of nitrogens with one attached hydrogen (secondary N) is 1. The number of fused-ring (bicyclic) bond motifs is 1. The van der Waals surface area contributed by atoms with Gasteiger partial charge < -0.3 is 19.9 Å². The first kappa shape index (κ1) is 29.8. The van der Waals surface area contributed by atoms with E-state index in [9.17, 15) is 22.8 Å². The summed E-state index contributed by atoms with van der Waals surface area (Å²) < 4.78 is 45.2. The molecular weight excluding hydrogens is 585 g/mol. The summed E-state index contributed by atoms with van der Waals surface area (Å²) >= 11 is 3.04. The van der Waals surface area contributed by atoms with Gasteiger partial charge in [0.25, 0.3) is 0 Å². The number of benzene rings is 2. The van der Waals surface area contributed by atoms with E-state index in [2.05, 4.69) is 10.2 Å². The fraction of sp³-hybridized carbons (Fsp3) is 0.367. The van der Waals surface area contributed by atoms with Gasteiger partial charge in [0.15, 0.2) is 5.13 Å². The second kappa shape index (κ2) is 11.9. The molecule has 2 aromatic carbocycles. The molecule has 1 saturated heterocycles. The van der Waals surface area contributed by atoms with Crippen LogP contribution in [-0.2, 0) is 22.1 Å². The molecule has 0 saturated carbocycles. The van der Waals surface area contributed by atoms with Crippen molar-refractivity contribution >= 4 is 50.0 Å². The highest BCUT2D eigenvalue weighted by molar-refractivity contribution is 7.22. The first-order chi connectivity index (χ1) is 19.9. The summed E-state index contributed by atoms with van der Waals surface area (Å²) in [6.45, 7) is 7.44. The Labute approximate surface area is 249 Å². The van der Waals surface area contributed by atoms with Gasteiger partial charge in [0.1, 0.15) is 11.6 Å². The Bertz CT molecular complexity index is 1540. The van der Waals surface area contributed by atoms with Gasteiger partial charge in [-0.2, -0.15) is 13.2 Å². The maximum Gasteiger partial charge on any atom is 0.416 e. The molecule has 7 nitrogen and oxygen atoms in total. The third kappa shape index (κ3) is 7.22. The quantitative estimate of drug-likeness (QED) is 0.257. The van der Waals surface area contributed by atoms with Gasteiger partial charge in [-0.15, -0.1) is 11.3 Å². The molecule has 3 heterocycles. The molecule has 2 amide bonds. The number of alkyl carbamates (subject to hydrolysis) is 1. The smallest absolute Gasteiger partial charge is 0.416 e. The minimum atomic E-state index is -4.37. The number of amides is 2. The predicted molar refractivity (Wildman–Crippen MR) is 160 cm³/mol. The fourth-order valence-corrected chi connectivity index (χ4v) is 6.51. The lowest BCUT2D eigenvalue weighted by Gasteiger charge is -2.36.